The Morgan fingerprint density at radius 2 is 1.90 bits per heavy atom. The van der Waals surface area contributed by atoms with Crippen molar-refractivity contribution in [2.24, 2.45) is 0 Å². The summed E-state index contributed by atoms with van der Waals surface area (Å²) in [7, 11) is 0. The standard InChI is InChI=1S/C21H15ClFN5O2S/c1-12-8-18(27-20(29)14-4-2-3-5-15(14)22)31-19(12)21(30)26-13-6-7-17(16(23)9-13)28-11-24-10-25-28/h2-11H,1H3,(H,26,30)(H,27,29). The molecule has 2 amide bonds. The largest absolute Gasteiger partial charge is 0.321 e. The van der Waals surface area contributed by atoms with Gasteiger partial charge in [-0.05, 0) is 48.9 Å². The highest BCUT2D eigenvalue weighted by molar-refractivity contribution is 7.18. The fourth-order valence-corrected chi connectivity index (χ4v) is 4.07. The third-order valence-electron chi connectivity index (χ3n) is 4.35. The van der Waals surface area contributed by atoms with Crippen molar-refractivity contribution in [3.63, 3.8) is 0 Å². The molecule has 31 heavy (non-hydrogen) atoms. The molecule has 0 aliphatic carbocycles. The summed E-state index contributed by atoms with van der Waals surface area (Å²) in [5, 5.41) is 10.1. The Morgan fingerprint density at radius 1 is 1.10 bits per heavy atom. The van der Waals surface area contributed by atoms with Gasteiger partial charge in [-0.2, -0.15) is 5.10 Å². The predicted octanol–water partition coefficient (Wildman–Crippen LogP) is 4.93. The average Bonchev–Trinajstić information content (AvgIpc) is 3.38. The molecule has 10 heteroatoms. The highest BCUT2D eigenvalue weighted by atomic mass is 35.5. The Kier molecular flexibility index (Phi) is 5.79. The number of halogens is 2. The van der Waals surface area contributed by atoms with E-state index in [1.165, 1.54) is 29.5 Å². The van der Waals surface area contributed by atoms with Crippen LogP contribution in [0.25, 0.3) is 5.69 Å². The van der Waals surface area contributed by atoms with Crippen LogP contribution in [0.15, 0.2) is 61.2 Å². The number of thiophene rings is 1. The summed E-state index contributed by atoms with van der Waals surface area (Å²) in [4.78, 5) is 29.3. The minimum atomic E-state index is -0.557. The van der Waals surface area contributed by atoms with E-state index in [9.17, 15) is 14.0 Å². The van der Waals surface area contributed by atoms with Crippen molar-refractivity contribution in [2.45, 2.75) is 6.92 Å². The second kappa shape index (κ2) is 8.66. The molecule has 0 radical (unpaired) electrons. The number of nitrogens with zero attached hydrogens (tertiary/aromatic N) is 3. The number of anilines is 2. The smallest absolute Gasteiger partial charge is 0.266 e. The molecule has 4 aromatic rings. The summed E-state index contributed by atoms with van der Waals surface area (Å²) in [6, 6.07) is 12.7. The van der Waals surface area contributed by atoms with Gasteiger partial charge in [0.05, 0.1) is 20.5 Å². The maximum absolute atomic E-state index is 14.4. The number of hydrogen-bond acceptors (Lipinski definition) is 5. The van der Waals surface area contributed by atoms with Crippen LogP contribution >= 0.6 is 22.9 Å². The zero-order chi connectivity index (χ0) is 22.0. The molecule has 0 unspecified atom stereocenters. The molecular formula is C21H15ClFN5O2S. The van der Waals surface area contributed by atoms with E-state index in [0.29, 0.717) is 31.7 Å². The molecule has 0 aliphatic rings. The van der Waals surface area contributed by atoms with Crippen molar-refractivity contribution in [1.82, 2.24) is 14.8 Å². The molecule has 0 saturated heterocycles. The number of aryl methyl sites for hydroxylation is 1. The first-order chi connectivity index (χ1) is 14.9. The lowest BCUT2D eigenvalue weighted by atomic mass is 10.2. The van der Waals surface area contributed by atoms with Gasteiger partial charge in [-0.15, -0.1) is 11.3 Å². The first-order valence-electron chi connectivity index (χ1n) is 9.04. The monoisotopic (exact) mass is 455 g/mol. The Balaban J connectivity index is 1.48. The summed E-state index contributed by atoms with van der Waals surface area (Å²) in [6.45, 7) is 1.75. The molecule has 2 aromatic heterocycles. The number of benzene rings is 2. The van der Waals surface area contributed by atoms with Gasteiger partial charge in [0, 0.05) is 5.69 Å². The summed E-state index contributed by atoms with van der Waals surface area (Å²) >= 11 is 7.18. The molecule has 2 N–H and O–H groups in total. The molecule has 0 bridgehead atoms. The second-order valence-corrected chi connectivity index (χ2v) is 7.98. The van der Waals surface area contributed by atoms with E-state index in [2.05, 4.69) is 20.7 Å². The van der Waals surface area contributed by atoms with Crippen LogP contribution in [0.2, 0.25) is 5.02 Å². The van der Waals surface area contributed by atoms with Crippen LogP contribution in [0.3, 0.4) is 0 Å². The number of aromatic nitrogens is 3. The van der Waals surface area contributed by atoms with E-state index >= 15 is 0 Å². The van der Waals surface area contributed by atoms with E-state index in [4.69, 9.17) is 11.6 Å². The second-order valence-electron chi connectivity index (χ2n) is 6.52. The molecule has 0 fully saturated rings. The Bertz CT molecular complexity index is 1270. The minimum absolute atomic E-state index is 0.215. The van der Waals surface area contributed by atoms with Gasteiger partial charge in [0.2, 0.25) is 0 Å². The molecule has 7 nitrogen and oxygen atoms in total. The topological polar surface area (TPSA) is 88.9 Å². The maximum atomic E-state index is 14.4. The molecule has 2 heterocycles. The van der Waals surface area contributed by atoms with Gasteiger partial charge in [-0.25, -0.2) is 14.1 Å². The van der Waals surface area contributed by atoms with Gasteiger partial charge >= 0.3 is 0 Å². The first-order valence-corrected chi connectivity index (χ1v) is 10.2. The van der Waals surface area contributed by atoms with E-state index in [1.54, 1.807) is 43.3 Å². The highest BCUT2D eigenvalue weighted by Crippen LogP contribution is 2.29. The lowest BCUT2D eigenvalue weighted by Gasteiger charge is -2.07. The first kappa shape index (κ1) is 20.7. The number of carbonyl (C=O) groups excluding carboxylic acids is 2. The normalized spacial score (nSPS) is 10.7. The third-order valence-corrected chi connectivity index (χ3v) is 5.83. The molecule has 2 aromatic carbocycles. The third kappa shape index (κ3) is 4.47. The van der Waals surface area contributed by atoms with Crippen LogP contribution in [0.5, 0.6) is 0 Å². The van der Waals surface area contributed by atoms with Gasteiger partial charge < -0.3 is 10.6 Å². The Hall–Kier alpha value is -3.56. The maximum Gasteiger partial charge on any atom is 0.266 e. The number of carbonyl (C=O) groups is 2. The highest BCUT2D eigenvalue weighted by Gasteiger charge is 2.17. The summed E-state index contributed by atoms with van der Waals surface area (Å²) in [6.07, 6.45) is 2.68. The van der Waals surface area contributed by atoms with E-state index in [-0.39, 0.29) is 11.6 Å². The molecule has 0 atom stereocenters. The van der Waals surface area contributed by atoms with Crippen molar-refractivity contribution in [3.8, 4) is 5.69 Å². The minimum Gasteiger partial charge on any atom is -0.321 e. The van der Waals surface area contributed by atoms with E-state index in [0.717, 1.165) is 11.3 Å². The number of rotatable bonds is 5. The molecule has 0 aliphatic heterocycles. The number of hydrogen-bond donors (Lipinski definition) is 2. The summed E-state index contributed by atoms with van der Waals surface area (Å²) in [5.41, 5.74) is 1.52. The van der Waals surface area contributed by atoms with Crippen LogP contribution in [-0.2, 0) is 0 Å². The lowest BCUT2D eigenvalue weighted by Crippen LogP contribution is -2.12. The SMILES string of the molecule is Cc1cc(NC(=O)c2ccccc2Cl)sc1C(=O)Nc1ccc(-n2cncn2)c(F)c1. The van der Waals surface area contributed by atoms with E-state index < -0.39 is 11.7 Å². The van der Waals surface area contributed by atoms with Crippen LogP contribution in [0, 0.1) is 12.7 Å². The average molecular weight is 456 g/mol. The Labute approximate surface area is 185 Å². The fourth-order valence-electron chi connectivity index (χ4n) is 2.88. The molecule has 0 saturated carbocycles. The number of nitrogens with one attached hydrogen (secondary N) is 2. The van der Waals surface area contributed by atoms with Crippen LogP contribution in [0.4, 0.5) is 15.1 Å². The lowest BCUT2D eigenvalue weighted by molar-refractivity contribution is 0.102. The van der Waals surface area contributed by atoms with E-state index in [1.807, 2.05) is 0 Å². The van der Waals surface area contributed by atoms with Gasteiger partial charge in [0.1, 0.15) is 18.3 Å². The zero-order valence-electron chi connectivity index (χ0n) is 16.1. The van der Waals surface area contributed by atoms with Crippen molar-refractivity contribution >= 4 is 45.4 Å². The quantitative estimate of drug-likeness (QED) is 0.446. The van der Waals surface area contributed by atoms with Crippen LogP contribution < -0.4 is 10.6 Å². The van der Waals surface area contributed by atoms with Gasteiger partial charge in [0.15, 0.2) is 5.82 Å². The van der Waals surface area contributed by atoms with Crippen molar-refractivity contribution in [2.75, 3.05) is 10.6 Å². The molecule has 0 spiro atoms. The van der Waals surface area contributed by atoms with Crippen LogP contribution in [-0.4, -0.2) is 26.6 Å². The van der Waals surface area contributed by atoms with Crippen molar-refractivity contribution < 1.29 is 14.0 Å². The molecule has 156 valence electrons. The summed E-state index contributed by atoms with van der Waals surface area (Å²) in [5.74, 6) is -1.34. The summed E-state index contributed by atoms with van der Waals surface area (Å²) < 4.78 is 15.7. The van der Waals surface area contributed by atoms with Crippen molar-refractivity contribution in [1.29, 1.82) is 0 Å². The fraction of sp³-hybridized carbons (Fsp3) is 0.0476. The van der Waals surface area contributed by atoms with Crippen molar-refractivity contribution in [3.05, 3.63) is 88.0 Å². The molecule has 4 rings (SSSR count). The predicted molar refractivity (Wildman–Crippen MR) is 118 cm³/mol. The Morgan fingerprint density at radius 3 is 2.61 bits per heavy atom. The van der Waals surface area contributed by atoms with Gasteiger partial charge in [-0.1, -0.05) is 23.7 Å². The molecular weight excluding hydrogens is 441 g/mol. The van der Waals surface area contributed by atoms with Crippen LogP contribution in [0.1, 0.15) is 25.6 Å². The van der Waals surface area contributed by atoms with Gasteiger partial charge in [0.25, 0.3) is 11.8 Å². The zero-order valence-corrected chi connectivity index (χ0v) is 17.7. The number of amides is 2. The van der Waals surface area contributed by atoms with Gasteiger partial charge in [-0.3, -0.25) is 9.59 Å².